The second kappa shape index (κ2) is 10.3. The monoisotopic (exact) mass is 522 g/mol. The van der Waals surface area contributed by atoms with Gasteiger partial charge in [-0.2, -0.15) is 8.78 Å². The van der Waals surface area contributed by atoms with E-state index in [1.165, 1.54) is 43.5 Å². The van der Waals surface area contributed by atoms with Crippen LogP contribution in [0.3, 0.4) is 0 Å². The van der Waals surface area contributed by atoms with Crippen LogP contribution >= 0.6 is 0 Å². The molecular formula is C28H24F6O3. The first-order valence-corrected chi connectivity index (χ1v) is 12.0. The quantitative estimate of drug-likeness (QED) is 0.236. The zero-order chi connectivity index (χ0) is 26.3. The molecule has 1 aliphatic heterocycles. The van der Waals surface area contributed by atoms with E-state index in [1.54, 1.807) is 0 Å². The molecule has 0 amide bonds. The molecule has 3 nitrogen and oxygen atoms in total. The summed E-state index contributed by atoms with van der Waals surface area (Å²) in [4.78, 5) is 0. The van der Waals surface area contributed by atoms with Crippen molar-refractivity contribution in [2.75, 3.05) is 20.3 Å². The molecule has 0 bridgehead atoms. The molecule has 1 atom stereocenters. The van der Waals surface area contributed by atoms with Gasteiger partial charge in [0.15, 0.2) is 34.8 Å². The minimum atomic E-state index is -1.24. The van der Waals surface area contributed by atoms with Gasteiger partial charge in [0.2, 0.25) is 11.6 Å². The van der Waals surface area contributed by atoms with Crippen molar-refractivity contribution < 1.29 is 40.6 Å². The highest BCUT2D eigenvalue weighted by atomic mass is 19.2. The number of benzene rings is 3. The maximum atomic E-state index is 15.1. The van der Waals surface area contributed by atoms with Crippen molar-refractivity contribution in [1.29, 1.82) is 0 Å². The average molecular weight is 522 g/mol. The lowest BCUT2D eigenvalue weighted by atomic mass is 9.78. The average Bonchev–Trinajstić information content (AvgIpc) is 3.74. The molecule has 1 saturated carbocycles. The molecule has 0 aromatic heterocycles. The van der Waals surface area contributed by atoms with E-state index in [0.717, 1.165) is 0 Å². The summed E-state index contributed by atoms with van der Waals surface area (Å²) in [6, 6.07) is 7.82. The van der Waals surface area contributed by atoms with Crippen molar-refractivity contribution in [3.63, 3.8) is 0 Å². The van der Waals surface area contributed by atoms with Gasteiger partial charge >= 0.3 is 0 Å². The highest BCUT2D eigenvalue weighted by Crippen LogP contribution is 2.41. The standard InChI is InChI=1S/C28H24F6O3/c1-35-20-10-11-21(28(34)27(20)33)36-12-14-2-4-15(5-3-14)16-6-7-17(24(30)23(16)29)18-8-9-19(22-13-37-22)26(32)25(18)31/h6-11,14-15,22H,2-5,12-13H2,1H3. The summed E-state index contributed by atoms with van der Waals surface area (Å²) < 4.78 is 102. The molecule has 3 aromatic rings. The number of hydrogen-bond acceptors (Lipinski definition) is 3. The van der Waals surface area contributed by atoms with E-state index in [4.69, 9.17) is 14.2 Å². The maximum Gasteiger partial charge on any atom is 0.204 e. The molecule has 0 radical (unpaired) electrons. The first kappa shape index (κ1) is 25.4. The van der Waals surface area contributed by atoms with E-state index >= 15 is 8.78 Å². The van der Waals surface area contributed by atoms with Gasteiger partial charge in [0, 0.05) is 16.7 Å². The van der Waals surface area contributed by atoms with E-state index in [1.807, 2.05) is 0 Å². The van der Waals surface area contributed by atoms with Crippen LogP contribution in [0.1, 0.15) is 48.8 Å². The van der Waals surface area contributed by atoms with E-state index < -0.39 is 41.0 Å². The Morgan fingerprint density at radius 3 is 1.81 bits per heavy atom. The minimum Gasteiger partial charge on any atom is -0.494 e. The van der Waals surface area contributed by atoms with Gasteiger partial charge < -0.3 is 14.2 Å². The Morgan fingerprint density at radius 2 is 1.22 bits per heavy atom. The van der Waals surface area contributed by atoms with Crippen molar-refractivity contribution in [3.8, 4) is 22.6 Å². The third kappa shape index (κ3) is 4.89. The van der Waals surface area contributed by atoms with Crippen molar-refractivity contribution in [3.05, 3.63) is 82.4 Å². The predicted octanol–water partition coefficient (Wildman–Crippen LogP) is 7.62. The number of ether oxygens (including phenoxy) is 3. The smallest absolute Gasteiger partial charge is 0.204 e. The molecule has 2 fully saturated rings. The number of epoxide rings is 1. The van der Waals surface area contributed by atoms with Crippen molar-refractivity contribution in [2.45, 2.75) is 37.7 Å². The Balaban J connectivity index is 1.25. The summed E-state index contributed by atoms with van der Waals surface area (Å²) in [5.41, 5.74) is -0.475. The largest absolute Gasteiger partial charge is 0.494 e. The van der Waals surface area contributed by atoms with Crippen LogP contribution in [0.25, 0.3) is 11.1 Å². The fourth-order valence-corrected chi connectivity index (χ4v) is 4.97. The highest BCUT2D eigenvalue weighted by Gasteiger charge is 2.32. The van der Waals surface area contributed by atoms with Crippen LogP contribution in [0.4, 0.5) is 26.3 Å². The molecule has 0 N–H and O–H groups in total. The van der Waals surface area contributed by atoms with Gasteiger partial charge in [-0.05, 0) is 55.2 Å². The van der Waals surface area contributed by atoms with Gasteiger partial charge in [-0.3, -0.25) is 0 Å². The Hall–Kier alpha value is -3.20. The van der Waals surface area contributed by atoms with E-state index in [0.29, 0.717) is 32.3 Å². The number of hydrogen-bond donors (Lipinski definition) is 0. The second-order valence-electron chi connectivity index (χ2n) is 9.41. The summed E-state index contributed by atoms with van der Waals surface area (Å²) in [6.45, 7) is 0.441. The number of rotatable bonds is 7. The lowest BCUT2D eigenvalue weighted by Crippen LogP contribution is -2.20. The second-order valence-corrected chi connectivity index (χ2v) is 9.41. The fourth-order valence-electron chi connectivity index (χ4n) is 4.97. The zero-order valence-corrected chi connectivity index (χ0v) is 19.9. The third-order valence-electron chi connectivity index (χ3n) is 7.19. The first-order valence-electron chi connectivity index (χ1n) is 12.0. The highest BCUT2D eigenvalue weighted by molar-refractivity contribution is 5.66. The lowest BCUT2D eigenvalue weighted by Gasteiger charge is -2.29. The van der Waals surface area contributed by atoms with Gasteiger partial charge in [-0.15, -0.1) is 0 Å². The Labute approximate surface area is 210 Å². The van der Waals surface area contributed by atoms with Crippen LogP contribution in [0.15, 0.2) is 36.4 Å². The van der Waals surface area contributed by atoms with E-state index in [2.05, 4.69) is 0 Å². The Kier molecular flexibility index (Phi) is 7.07. The van der Waals surface area contributed by atoms with Crippen LogP contribution in [0.5, 0.6) is 11.5 Å². The van der Waals surface area contributed by atoms with E-state index in [-0.39, 0.29) is 52.2 Å². The molecule has 9 heteroatoms. The summed E-state index contributed by atoms with van der Waals surface area (Å²) in [6.07, 6.45) is 1.77. The SMILES string of the molecule is COc1ccc(OCC2CCC(c3ccc(-c4ccc(C5CO5)c(F)c4F)c(F)c3F)CC2)c(F)c1F. The molecule has 0 spiro atoms. The van der Waals surface area contributed by atoms with Crippen molar-refractivity contribution in [2.24, 2.45) is 5.92 Å². The molecule has 3 aromatic carbocycles. The lowest BCUT2D eigenvalue weighted by molar-refractivity contribution is 0.191. The molecule has 1 saturated heterocycles. The summed E-state index contributed by atoms with van der Waals surface area (Å²) in [7, 11) is 1.24. The van der Waals surface area contributed by atoms with Gasteiger partial charge in [0.25, 0.3) is 0 Å². The third-order valence-corrected chi connectivity index (χ3v) is 7.19. The van der Waals surface area contributed by atoms with Crippen molar-refractivity contribution in [1.82, 2.24) is 0 Å². The first-order chi connectivity index (χ1) is 17.8. The molecule has 196 valence electrons. The minimum absolute atomic E-state index is 0.0269. The molecule has 1 unspecified atom stereocenters. The fraction of sp³-hybridized carbons (Fsp3) is 0.357. The van der Waals surface area contributed by atoms with Crippen LogP contribution in [0.2, 0.25) is 0 Å². The molecule has 1 aliphatic carbocycles. The summed E-state index contributed by atoms with van der Waals surface area (Å²) in [5, 5.41) is 0. The van der Waals surface area contributed by atoms with Crippen LogP contribution < -0.4 is 9.47 Å². The molecular weight excluding hydrogens is 498 g/mol. The van der Waals surface area contributed by atoms with Gasteiger partial charge in [-0.1, -0.05) is 24.3 Å². The molecule has 1 heterocycles. The van der Waals surface area contributed by atoms with Crippen LogP contribution in [0, 0.1) is 40.8 Å². The van der Waals surface area contributed by atoms with Gasteiger partial charge in [0.05, 0.1) is 20.3 Å². The molecule has 5 rings (SSSR count). The van der Waals surface area contributed by atoms with Gasteiger partial charge in [-0.25, -0.2) is 17.6 Å². The molecule has 2 aliphatic rings. The van der Waals surface area contributed by atoms with Crippen molar-refractivity contribution >= 4 is 0 Å². The van der Waals surface area contributed by atoms with Gasteiger partial charge in [0.1, 0.15) is 6.10 Å². The summed E-state index contributed by atoms with van der Waals surface area (Å²) >= 11 is 0. The zero-order valence-electron chi connectivity index (χ0n) is 19.9. The normalized spacial score (nSPS) is 21.1. The number of halogens is 6. The van der Waals surface area contributed by atoms with E-state index in [9.17, 15) is 17.6 Å². The number of methoxy groups -OCH3 is 1. The Bertz CT molecular complexity index is 1320. The van der Waals surface area contributed by atoms with Crippen LogP contribution in [-0.4, -0.2) is 20.3 Å². The summed E-state index contributed by atoms with van der Waals surface area (Å²) in [5.74, 6) is -7.61. The topological polar surface area (TPSA) is 31.0 Å². The maximum absolute atomic E-state index is 15.1. The predicted molar refractivity (Wildman–Crippen MR) is 124 cm³/mol. The molecule has 37 heavy (non-hydrogen) atoms. The Morgan fingerprint density at radius 1 is 0.676 bits per heavy atom. The van der Waals surface area contributed by atoms with Crippen LogP contribution in [-0.2, 0) is 4.74 Å².